The van der Waals surface area contributed by atoms with Gasteiger partial charge < -0.3 is 14.8 Å². The third kappa shape index (κ3) is 5.41. The van der Waals surface area contributed by atoms with Gasteiger partial charge >= 0.3 is 0 Å². The highest BCUT2D eigenvalue weighted by Crippen LogP contribution is 2.39. The van der Waals surface area contributed by atoms with Gasteiger partial charge in [0.1, 0.15) is 0 Å². The summed E-state index contributed by atoms with van der Waals surface area (Å²) >= 11 is 6.84. The molecule has 38 heavy (non-hydrogen) atoms. The molecular weight excluding hydrogens is 516 g/mol. The number of amides is 2. The summed E-state index contributed by atoms with van der Waals surface area (Å²) in [6.07, 6.45) is 1.78. The van der Waals surface area contributed by atoms with E-state index < -0.39 is 0 Å². The van der Waals surface area contributed by atoms with Crippen molar-refractivity contribution in [3.63, 3.8) is 0 Å². The molecule has 1 aliphatic rings. The number of aryl methyl sites for hydroxylation is 1. The van der Waals surface area contributed by atoms with E-state index in [1.807, 2.05) is 73.7 Å². The minimum Gasteiger partial charge on any atom is -0.493 e. The van der Waals surface area contributed by atoms with Crippen LogP contribution in [-0.4, -0.2) is 29.9 Å². The minimum absolute atomic E-state index is 0.173. The lowest BCUT2D eigenvalue weighted by Crippen LogP contribution is -2.27. The lowest BCUT2D eigenvalue weighted by Gasteiger charge is -2.17. The van der Waals surface area contributed by atoms with Gasteiger partial charge in [0.05, 0.1) is 17.7 Å². The summed E-state index contributed by atoms with van der Waals surface area (Å²) in [6, 6.07) is 26.5. The highest BCUT2D eigenvalue weighted by atomic mass is 32.2. The molecule has 0 spiro atoms. The van der Waals surface area contributed by atoms with E-state index in [9.17, 15) is 9.59 Å². The number of hydrogen-bond acceptors (Lipinski definition) is 6. The van der Waals surface area contributed by atoms with Gasteiger partial charge in [-0.05, 0) is 54.3 Å². The molecule has 0 atom stereocenters. The SMILES string of the molecule is COc1cc(/C=C2\SC(=S)N(c3cccc4ccccc34)C2=O)ccc1OCC(=O)Nc1ccc(C)cc1. The van der Waals surface area contributed by atoms with Crippen molar-refractivity contribution in [2.45, 2.75) is 6.92 Å². The Morgan fingerprint density at radius 1 is 1.00 bits per heavy atom. The second-order valence-electron chi connectivity index (χ2n) is 8.63. The zero-order chi connectivity index (χ0) is 26.6. The normalized spacial score (nSPS) is 14.3. The monoisotopic (exact) mass is 540 g/mol. The van der Waals surface area contributed by atoms with Crippen LogP contribution < -0.4 is 19.7 Å². The van der Waals surface area contributed by atoms with Crippen LogP contribution in [0.25, 0.3) is 16.8 Å². The Morgan fingerprint density at radius 3 is 2.55 bits per heavy atom. The van der Waals surface area contributed by atoms with Crippen LogP contribution in [-0.2, 0) is 9.59 Å². The average Bonchev–Trinajstić information content (AvgIpc) is 3.20. The maximum Gasteiger partial charge on any atom is 0.270 e. The molecule has 1 N–H and O–H groups in total. The molecule has 0 radical (unpaired) electrons. The van der Waals surface area contributed by atoms with E-state index in [4.69, 9.17) is 21.7 Å². The molecule has 0 unspecified atom stereocenters. The van der Waals surface area contributed by atoms with E-state index >= 15 is 0 Å². The van der Waals surface area contributed by atoms with E-state index in [1.165, 1.54) is 18.9 Å². The number of methoxy groups -OCH3 is 1. The van der Waals surface area contributed by atoms with Gasteiger partial charge in [-0.2, -0.15) is 0 Å². The van der Waals surface area contributed by atoms with E-state index in [-0.39, 0.29) is 18.4 Å². The van der Waals surface area contributed by atoms with Gasteiger partial charge in [-0.1, -0.05) is 84.1 Å². The smallest absolute Gasteiger partial charge is 0.270 e. The summed E-state index contributed by atoms with van der Waals surface area (Å²) < 4.78 is 11.7. The van der Waals surface area contributed by atoms with Gasteiger partial charge in [0.15, 0.2) is 22.4 Å². The van der Waals surface area contributed by atoms with Crippen LogP contribution in [0.4, 0.5) is 11.4 Å². The molecule has 0 aromatic heterocycles. The number of carbonyl (C=O) groups is 2. The summed E-state index contributed by atoms with van der Waals surface area (Å²) in [6.45, 7) is 1.81. The van der Waals surface area contributed by atoms with Crippen LogP contribution in [0.15, 0.2) is 89.8 Å². The maximum atomic E-state index is 13.4. The molecule has 2 amide bonds. The highest BCUT2D eigenvalue weighted by Gasteiger charge is 2.34. The Bertz CT molecular complexity index is 1580. The first-order valence-electron chi connectivity index (χ1n) is 11.9. The Balaban J connectivity index is 1.31. The van der Waals surface area contributed by atoms with E-state index in [1.54, 1.807) is 29.2 Å². The van der Waals surface area contributed by atoms with Crippen molar-refractivity contribution in [2.24, 2.45) is 0 Å². The molecule has 190 valence electrons. The first kappa shape index (κ1) is 25.5. The van der Waals surface area contributed by atoms with Gasteiger partial charge in [0, 0.05) is 11.1 Å². The maximum absolute atomic E-state index is 13.4. The fourth-order valence-electron chi connectivity index (χ4n) is 4.10. The van der Waals surface area contributed by atoms with E-state index in [0.29, 0.717) is 26.4 Å². The van der Waals surface area contributed by atoms with Crippen molar-refractivity contribution in [3.8, 4) is 11.5 Å². The number of rotatable bonds is 7. The molecule has 5 rings (SSSR count). The topological polar surface area (TPSA) is 67.9 Å². The minimum atomic E-state index is -0.280. The predicted octanol–water partition coefficient (Wildman–Crippen LogP) is 6.58. The molecule has 6 nitrogen and oxygen atoms in total. The number of thiocarbonyl (C=S) groups is 1. The quantitative estimate of drug-likeness (QED) is 0.211. The Hall–Kier alpha value is -4.14. The van der Waals surface area contributed by atoms with Gasteiger partial charge in [-0.3, -0.25) is 14.5 Å². The molecular formula is C30H24N2O4S2. The third-order valence-electron chi connectivity index (χ3n) is 5.98. The van der Waals surface area contributed by atoms with Crippen molar-refractivity contribution in [1.82, 2.24) is 0 Å². The third-order valence-corrected chi connectivity index (χ3v) is 7.28. The summed E-state index contributed by atoms with van der Waals surface area (Å²) in [4.78, 5) is 27.8. The van der Waals surface area contributed by atoms with Crippen molar-refractivity contribution in [2.75, 3.05) is 23.9 Å². The average molecular weight is 541 g/mol. The van der Waals surface area contributed by atoms with Crippen LogP contribution in [0, 0.1) is 6.92 Å². The molecule has 1 fully saturated rings. The number of nitrogens with zero attached hydrogens (tertiary/aromatic N) is 1. The molecule has 1 aliphatic heterocycles. The predicted molar refractivity (Wildman–Crippen MR) is 158 cm³/mol. The fourth-order valence-corrected chi connectivity index (χ4v) is 5.39. The van der Waals surface area contributed by atoms with Gasteiger partial charge in [0.25, 0.3) is 11.8 Å². The van der Waals surface area contributed by atoms with Crippen molar-refractivity contribution < 1.29 is 19.1 Å². The number of benzene rings is 4. The molecule has 8 heteroatoms. The number of nitrogens with one attached hydrogen (secondary N) is 1. The second-order valence-corrected chi connectivity index (χ2v) is 10.3. The Kier molecular flexibility index (Phi) is 7.44. The lowest BCUT2D eigenvalue weighted by atomic mass is 10.1. The van der Waals surface area contributed by atoms with Gasteiger partial charge in [0.2, 0.25) is 0 Å². The first-order valence-corrected chi connectivity index (χ1v) is 13.1. The van der Waals surface area contributed by atoms with Crippen LogP contribution in [0.2, 0.25) is 0 Å². The number of fused-ring (bicyclic) bond motifs is 1. The standard InChI is InChI=1S/C30H24N2O4S2/c1-19-10-13-22(14-11-19)31-28(33)18-36-25-15-12-20(16-26(25)35-2)17-27-29(34)32(30(37)38-27)24-9-5-7-21-6-3-4-8-23(21)24/h3-17H,18H2,1-2H3,(H,31,33)/b27-17-. The molecule has 1 heterocycles. The molecule has 0 bridgehead atoms. The lowest BCUT2D eigenvalue weighted by molar-refractivity contribution is -0.118. The van der Waals surface area contributed by atoms with Crippen molar-refractivity contribution in [3.05, 3.63) is 101 Å². The zero-order valence-electron chi connectivity index (χ0n) is 20.8. The summed E-state index contributed by atoms with van der Waals surface area (Å²) in [5, 5.41) is 4.80. The molecule has 1 saturated heterocycles. The van der Waals surface area contributed by atoms with Crippen molar-refractivity contribution in [1.29, 1.82) is 0 Å². The highest BCUT2D eigenvalue weighted by molar-refractivity contribution is 8.27. The number of ether oxygens (including phenoxy) is 2. The van der Waals surface area contributed by atoms with E-state index in [2.05, 4.69) is 5.32 Å². The largest absolute Gasteiger partial charge is 0.493 e. The Morgan fingerprint density at radius 2 is 1.76 bits per heavy atom. The van der Waals surface area contributed by atoms with Crippen LogP contribution in [0.3, 0.4) is 0 Å². The molecule has 4 aromatic carbocycles. The first-order chi connectivity index (χ1) is 18.4. The van der Waals surface area contributed by atoms with Crippen LogP contribution in [0.5, 0.6) is 11.5 Å². The molecule has 0 saturated carbocycles. The molecule has 4 aromatic rings. The number of hydrogen-bond donors (Lipinski definition) is 1. The second kappa shape index (κ2) is 11.1. The number of anilines is 2. The van der Waals surface area contributed by atoms with Crippen LogP contribution >= 0.6 is 24.0 Å². The van der Waals surface area contributed by atoms with E-state index in [0.717, 1.165) is 27.6 Å². The zero-order valence-corrected chi connectivity index (χ0v) is 22.4. The molecule has 0 aliphatic carbocycles. The summed E-state index contributed by atoms with van der Waals surface area (Å²) in [5.41, 5.74) is 3.32. The summed E-state index contributed by atoms with van der Waals surface area (Å²) in [5.74, 6) is 0.416. The number of thioether (sulfide) groups is 1. The van der Waals surface area contributed by atoms with Crippen molar-refractivity contribution >= 4 is 68.3 Å². The number of carbonyl (C=O) groups excluding carboxylic acids is 2. The van der Waals surface area contributed by atoms with Crippen LogP contribution in [0.1, 0.15) is 11.1 Å². The Labute approximate surface area is 230 Å². The van der Waals surface area contributed by atoms with Gasteiger partial charge in [-0.25, -0.2) is 0 Å². The van der Waals surface area contributed by atoms with Gasteiger partial charge in [-0.15, -0.1) is 0 Å². The summed E-state index contributed by atoms with van der Waals surface area (Å²) in [7, 11) is 1.53. The fraction of sp³-hybridized carbons (Fsp3) is 0.100.